The maximum Gasteiger partial charge on any atom is 0.174 e. The first kappa shape index (κ1) is 17.2. The Morgan fingerprint density at radius 1 is 1.05 bits per heavy atom. The summed E-state index contributed by atoms with van der Waals surface area (Å²) >= 11 is 3.48. The predicted molar refractivity (Wildman–Crippen MR) is 81.6 cm³/mol. The number of halogens is 1. The summed E-state index contributed by atoms with van der Waals surface area (Å²) in [6, 6.07) is 3.97. The van der Waals surface area contributed by atoms with Crippen LogP contribution in [0.5, 0.6) is 11.5 Å². The van der Waals surface area contributed by atoms with E-state index in [9.17, 15) is 0 Å². The van der Waals surface area contributed by atoms with Crippen LogP contribution in [0.3, 0.4) is 0 Å². The average molecular weight is 348 g/mol. The van der Waals surface area contributed by atoms with Crippen LogP contribution >= 0.6 is 15.9 Å². The number of nitrogens with one attached hydrogen (secondary N) is 1. The van der Waals surface area contributed by atoms with Crippen LogP contribution in [0, 0.1) is 0 Å². The fourth-order valence-electron chi connectivity index (χ4n) is 1.69. The molecule has 1 aromatic carbocycles. The largest absolute Gasteiger partial charge is 0.493 e. The second-order valence-corrected chi connectivity index (χ2v) is 4.95. The third-order valence-electron chi connectivity index (χ3n) is 2.68. The van der Waals surface area contributed by atoms with Crippen molar-refractivity contribution in [3.05, 3.63) is 22.2 Å². The molecule has 1 rings (SSSR count). The number of benzene rings is 1. The summed E-state index contributed by atoms with van der Waals surface area (Å²) in [5, 5.41) is 3.31. The topological polar surface area (TPSA) is 49.0 Å². The van der Waals surface area contributed by atoms with Crippen LogP contribution in [-0.2, 0) is 16.0 Å². The predicted octanol–water partition coefficient (Wildman–Crippen LogP) is 2.22. The van der Waals surface area contributed by atoms with Gasteiger partial charge in [-0.05, 0) is 33.6 Å². The number of hydrogen-bond donors (Lipinski definition) is 1. The highest BCUT2D eigenvalue weighted by Gasteiger charge is 2.10. The zero-order valence-electron chi connectivity index (χ0n) is 12.2. The Labute approximate surface area is 128 Å². The fraction of sp³-hybridized carbons (Fsp3) is 0.571. The quantitative estimate of drug-likeness (QED) is 0.657. The van der Waals surface area contributed by atoms with Gasteiger partial charge in [0.15, 0.2) is 11.5 Å². The molecule has 20 heavy (non-hydrogen) atoms. The molecule has 0 heterocycles. The second kappa shape index (κ2) is 9.99. The van der Waals surface area contributed by atoms with E-state index in [0.29, 0.717) is 25.6 Å². The molecule has 0 aliphatic carbocycles. The van der Waals surface area contributed by atoms with Crippen LogP contribution in [0.2, 0.25) is 0 Å². The highest BCUT2D eigenvalue weighted by molar-refractivity contribution is 9.10. The van der Waals surface area contributed by atoms with Crippen LogP contribution < -0.4 is 14.8 Å². The molecule has 0 spiro atoms. The van der Waals surface area contributed by atoms with Gasteiger partial charge in [-0.15, -0.1) is 0 Å². The molecule has 1 aromatic rings. The zero-order chi connectivity index (χ0) is 14.8. The molecule has 0 fully saturated rings. The Hall–Kier alpha value is -0.820. The van der Waals surface area contributed by atoms with Crippen molar-refractivity contribution in [1.29, 1.82) is 0 Å². The Balaban J connectivity index is 2.39. The van der Waals surface area contributed by atoms with E-state index in [0.717, 1.165) is 28.9 Å². The molecule has 0 aliphatic heterocycles. The van der Waals surface area contributed by atoms with Crippen LogP contribution in [-0.4, -0.2) is 47.7 Å². The lowest BCUT2D eigenvalue weighted by Crippen LogP contribution is -2.20. The molecule has 0 aromatic heterocycles. The van der Waals surface area contributed by atoms with Crippen LogP contribution in [0.1, 0.15) is 5.56 Å². The van der Waals surface area contributed by atoms with E-state index in [1.165, 1.54) is 0 Å². The van der Waals surface area contributed by atoms with Gasteiger partial charge in [-0.25, -0.2) is 0 Å². The molecule has 0 unspecified atom stereocenters. The molecular formula is C14H22BrNO4. The van der Waals surface area contributed by atoms with Crippen molar-refractivity contribution in [3.8, 4) is 11.5 Å². The van der Waals surface area contributed by atoms with Crippen molar-refractivity contribution in [2.75, 3.05) is 47.7 Å². The Kier molecular flexibility index (Phi) is 8.60. The van der Waals surface area contributed by atoms with Crippen LogP contribution in [0.25, 0.3) is 0 Å². The molecule has 6 heteroatoms. The summed E-state index contributed by atoms with van der Waals surface area (Å²) in [6.07, 6.45) is 0. The Morgan fingerprint density at radius 2 is 1.85 bits per heavy atom. The monoisotopic (exact) mass is 347 g/mol. The van der Waals surface area contributed by atoms with Gasteiger partial charge in [0.05, 0.1) is 38.5 Å². The standard InChI is InChI=1S/C14H22BrNO4/c1-17-6-7-20-5-4-16-10-11-8-12(15)14(19-3)13(9-11)18-2/h8-9,16H,4-7,10H2,1-3H3. The van der Waals surface area contributed by atoms with Gasteiger partial charge >= 0.3 is 0 Å². The number of rotatable bonds is 10. The second-order valence-electron chi connectivity index (χ2n) is 4.10. The smallest absolute Gasteiger partial charge is 0.174 e. The van der Waals surface area contributed by atoms with Crippen LogP contribution in [0.15, 0.2) is 16.6 Å². The summed E-state index contributed by atoms with van der Waals surface area (Å²) in [5.41, 5.74) is 1.12. The van der Waals surface area contributed by atoms with E-state index in [2.05, 4.69) is 21.2 Å². The maximum absolute atomic E-state index is 5.38. The fourth-order valence-corrected chi connectivity index (χ4v) is 2.35. The van der Waals surface area contributed by atoms with E-state index in [4.69, 9.17) is 18.9 Å². The molecule has 0 amide bonds. The summed E-state index contributed by atoms with van der Waals surface area (Å²) in [6.45, 7) is 3.45. The lowest BCUT2D eigenvalue weighted by atomic mass is 10.2. The van der Waals surface area contributed by atoms with Gasteiger partial charge in [-0.2, -0.15) is 0 Å². The molecular weight excluding hydrogens is 326 g/mol. The third-order valence-corrected chi connectivity index (χ3v) is 3.27. The highest BCUT2D eigenvalue weighted by Crippen LogP contribution is 2.36. The Morgan fingerprint density at radius 3 is 2.50 bits per heavy atom. The number of hydrogen-bond acceptors (Lipinski definition) is 5. The number of ether oxygens (including phenoxy) is 4. The molecule has 0 saturated heterocycles. The van der Waals surface area contributed by atoms with Gasteiger partial charge in [0.25, 0.3) is 0 Å². The minimum absolute atomic E-state index is 0.625. The normalized spacial score (nSPS) is 10.6. The first-order valence-corrected chi connectivity index (χ1v) is 7.20. The highest BCUT2D eigenvalue weighted by atomic mass is 79.9. The van der Waals surface area contributed by atoms with Gasteiger partial charge in [-0.1, -0.05) is 0 Å². The van der Waals surface area contributed by atoms with Gasteiger partial charge < -0.3 is 24.3 Å². The van der Waals surface area contributed by atoms with Gasteiger partial charge in [0.1, 0.15) is 0 Å². The molecule has 0 aliphatic rings. The van der Waals surface area contributed by atoms with Gasteiger partial charge in [-0.3, -0.25) is 0 Å². The minimum atomic E-state index is 0.625. The molecule has 5 nitrogen and oxygen atoms in total. The van der Waals surface area contributed by atoms with E-state index in [-0.39, 0.29) is 0 Å². The van der Waals surface area contributed by atoms with Gasteiger partial charge in [0.2, 0.25) is 0 Å². The van der Waals surface area contributed by atoms with Crippen molar-refractivity contribution < 1.29 is 18.9 Å². The maximum atomic E-state index is 5.38. The molecule has 114 valence electrons. The molecule has 0 radical (unpaired) electrons. The summed E-state index contributed by atoms with van der Waals surface area (Å²) < 4.78 is 21.7. The summed E-state index contributed by atoms with van der Waals surface area (Å²) in [4.78, 5) is 0. The van der Waals surface area contributed by atoms with Crippen molar-refractivity contribution in [1.82, 2.24) is 5.32 Å². The molecule has 0 bridgehead atoms. The van der Waals surface area contributed by atoms with E-state index in [1.807, 2.05) is 12.1 Å². The molecule has 0 saturated carbocycles. The van der Waals surface area contributed by atoms with E-state index >= 15 is 0 Å². The zero-order valence-corrected chi connectivity index (χ0v) is 13.8. The molecule has 1 N–H and O–H groups in total. The third kappa shape index (κ3) is 5.66. The van der Waals surface area contributed by atoms with E-state index in [1.54, 1.807) is 21.3 Å². The lowest BCUT2D eigenvalue weighted by Gasteiger charge is -2.12. The van der Waals surface area contributed by atoms with Crippen molar-refractivity contribution in [3.63, 3.8) is 0 Å². The summed E-state index contributed by atoms with van der Waals surface area (Å²) in [7, 11) is 4.92. The van der Waals surface area contributed by atoms with Crippen molar-refractivity contribution in [2.45, 2.75) is 6.54 Å². The van der Waals surface area contributed by atoms with Crippen molar-refractivity contribution in [2.24, 2.45) is 0 Å². The lowest BCUT2D eigenvalue weighted by molar-refractivity contribution is 0.0719. The Bertz CT molecular complexity index is 401. The first-order chi connectivity index (χ1) is 9.72. The summed E-state index contributed by atoms with van der Waals surface area (Å²) in [5.74, 6) is 1.43. The minimum Gasteiger partial charge on any atom is -0.493 e. The van der Waals surface area contributed by atoms with Crippen molar-refractivity contribution >= 4 is 15.9 Å². The van der Waals surface area contributed by atoms with E-state index < -0.39 is 0 Å². The first-order valence-electron chi connectivity index (χ1n) is 6.40. The molecule has 0 atom stereocenters. The SMILES string of the molecule is COCCOCCNCc1cc(Br)c(OC)c(OC)c1. The van der Waals surface area contributed by atoms with Crippen LogP contribution in [0.4, 0.5) is 0 Å². The van der Waals surface area contributed by atoms with Gasteiger partial charge in [0, 0.05) is 20.2 Å². The number of methoxy groups -OCH3 is 3. The average Bonchev–Trinajstić information content (AvgIpc) is 2.45.